The van der Waals surface area contributed by atoms with E-state index in [2.05, 4.69) is 23.3 Å². The summed E-state index contributed by atoms with van der Waals surface area (Å²) >= 11 is 0. The van der Waals surface area contributed by atoms with Crippen molar-refractivity contribution in [2.24, 2.45) is 10.7 Å². The zero-order chi connectivity index (χ0) is 13.4. The summed E-state index contributed by atoms with van der Waals surface area (Å²) in [5.41, 5.74) is 8.02. The number of aryl methyl sites for hydroxylation is 1. The summed E-state index contributed by atoms with van der Waals surface area (Å²) in [7, 11) is 1.68. The minimum Gasteiger partial charge on any atom is -0.496 e. The Morgan fingerprint density at radius 1 is 1.42 bits per heavy atom. The third-order valence-electron chi connectivity index (χ3n) is 2.73. The molecule has 1 aromatic rings. The molecule has 0 amide bonds. The number of guanidine groups is 1. The van der Waals surface area contributed by atoms with Crippen molar-refractivity contribution in [2.75, 3.05) is 13.7 Å². The van der Waals surface area contributed by atoms with Crippen LogP contribution in [0.2, 0.25) is 0 Å². The zero-order valence-corrected chi connectivity index (χ0v) is 14.2. The number of methoxy groups -OCH3 is 1. The van der Waals surface area contributed by atoms with Gasteiger partial charge in [0.2, 0.25) is 0 Å². The van der Waals surface area contributed by atoms with Gasteiger partial charge in [-0.2, -0.15) is 0 Å². The van der Waals surface area contributed by atoms with Crippen molar-refractivity contribution in [2.45, 2.75) is 33.2 Å². The van der Waals surface area contributed by atoms with Crippen LogP contribution in [0.25, 0.3) is 0 Å². The lowest BCUT2D eigenvalue weighted by Gasteiger charge is -2.07. The topological polar surface area (TPSA) is 59.6 Å². The predicted octanol–water partition coefficient (Wildman–Crippen LogP) is 2.83. The summed E-state index contributed by atoms with van der Waals surface area (Å²) < 4.78 is 5.22. The van der Waals surface area contributed by atoms with Crippen molar-refractivity contribution >= 4 is 29.9 Å². The van der Waals surface area contributed by atoms with Crippen molar-refractivity contribution < 1.29 is 4.74 Å². The highest BCUT2D eigenvalue weighted by Crippen LogP contribution is 2.18. The van der Waals surface area contributed by atoms with E-state index in [9.17, 15) is 0 Å². The SMILES string of the molecule is CCCCNC(N)=NCc1ccc(OC)c(C)c1.I. The number of halogens is 1. The lowest BCUT2D eigenvalue weighted by Crippen LogP contribution is -2.32. The van der Waals surface area contributed by atoms with Crippen LogP contribution in [0.5, 0.6) is 5.75 Å². The molecule has 0 saturated carbocycles. The van der Waals surface area contributed by atoms with Gasteiger partial charge in [-0.3, -0.25) is 0 Å². The number of benzene rings is 1. The highest BCUT2D eigenvalue weighted by atomic mass is 127. The van der Waals surface area contributed by atoms with Crippen LogP contribution < -0.4 is 15.8 Å². The standard InChI is InChI=1S/C14H23N3O.HI/c1-4-5-8-16-14(15)17-10-12-6-7-13(18-3)11(2)9-12;/h6-7,9H,4-5,8,10H2,1-3H3,(H3,15,16,17);1H. The summed E-state index contributed by atoms with van der Waals surface area (Å²) in [5, 5.41) is 3.09. The Morgan fingerprint density at radius 3 is 2.74 bits per heavy atom. The first kappa shape index (κ1) is 18.0. The second kappa shape index (κ2) is 9.89. The van der Waals surface area contributed by atoms with Crippen LogP contribution in [0.3, 0.4) is 0 Å². The van der Waals surface area contributed by atoms with E-state index in [1.54, 1.807) is 7.11 Å². The number of aliphatic imine (C=N–C) groups is 1. The quantitative estimate of drug-likeness (QED) is 0.347. The molecule has 19 heavy (non-hydrogen) atoms. The summed E-state index contributed by atoms with van der Waals surface area (Å²) in [6, 6.07) is 6.04. The second-order valence-electron chi connectivity index (χ2n) is 4.29. The molecule has 5 heteroatoms. The third-order valence-corrected chi connectivity index (χ3v) is 2.73. The fourth-order valence-electron chi connectivity index (χ4n) is 1.66. The van der Waals surface area contributed by atoms with Gasteiger partial charge < -0.3 is 15.8 Å². The first-order valence-electron chi connectivity index (χ1n) is 6.34. The molecule has 0 saturated heterocycles. The largest absolute Gasteiger partial charge is 0.496 e. The molecule has 0 spiro atoms. The van der Waals surface area contributed by atoms with Crippen LogP contribution in [-0.2, 0) is 6.54 Å². The minimum absolute atomic E-state index is 0. The molecule has 0 heterocycles. The average molecular weight is 377 g/mol. The van der Waals surface area contributed by atoms with Crippen molar-refractivity contribution in [1.82, 2.24) is 5.32 Å². The molecule has 0 radical (unpaired) electrons. The molecular formula is C14H24IN3O. The number of rotatable bonds is 6. The first-order chi connectivity index (χ1) is 8.67. The van der Waals surface area contributed by atoms with Crippen molar-refractivity contribution in [3.63, 3.8) is 0 Å². The molecule has 0 atom stereocenters. The van der Waals surface area contributed by atoms with Gasteiger partial charge in [0.25, 0.3) is 0 Å². The van der Waals surface area contributed by atoms with E-state index in [-0.39, 0.29) is 24.0 Å². The fourth-order valence-corrected chi connectivity index (χ4v) is 1.66. The molecule has 108 valence electrons. The Hall–Kier alpha value is -0.980. The molecule has 1 rings (SSSR count). The number of nitrogens with zero attached hydrogens (tertiary/aromatic N) is 1. The Labute approximate surface area is 132 Å². The maximum atomic E-state index is 5.77. The van der Waals surface area contributed by atoms with Gasteiger partial charge in [0.1, 0.15) is 5.75 Å². The molecule has 0 aliphatic carbocycles. The van der Waals surface area contributed by atoms with Crippen LogP contribution in [-0.4, -0.2) is 19.6 Å². The monoisotopic (exact) mass is 377 g/mol. The van der Waals surface area contributed by atoms with Crippen LogP contribution in [0, 0.1) is 6.92 Å². The van der Waals surface area contributed by atoms with Crippen molar-refractivity contribution in [3.05, 3.63) is 29.3 Å². The zero-order valence-electron chi connectivity index (χ0n) is 11.9. The normalized spacial score (nSPS) is 10.8. The molecule has 1 aromatic carbocycles. The molecule has 0 aromatic heterocycles. The molecular weight excluding hydrogens is 353 g/mol. The van der Waals surface area contributed by atoms with E-state index in [0.717, 1.165) is 36.3 Å². The Bertz CT molecular complexity index is 408. The smallest absolute Gasteiger partial charge is 0.188 e. The Balaban J connectivity index is 0.00000324. The number of nitrogens with one attached hydrogen (secondary N) is 1. The lowest BCUT2D eigenvalue weighted by atomic mass is 10.1. The number of ether oxygens (including phenoxy) is 1. The minimum atomic E-state index is 0. The van der Waals surface area contributed by atoms with Gasteiger partial charge in [0.05, 0.1) is 13.7 Å². The Kier molecular flexibility index (Phi) is 9.38. The number of hydrogen-bond donors (Lipinski definition) is 2. The van der Waals surface area contributed by atoms with Crippen LogP contribution in [0.15, 0.2) is 23.2 Å². The van der Waals surface area contributed by atoms with E-state index in [1.165, 1.54) is 0 Å². The highest BCUT2D eigenvalue weighted by Gasteiger charge is 1.99. The molecule has 0 bridgehead atoms. The lowest BCUT2D eigenvalue weighted by molar-refractivity contribution is 0.411. The van der Waals surface area contributed by atoms with Gasteiger partial charge in [-0.05, 0) is 30.5 Å². The van der Waals surface area contributed by atoms with Crippen LogP contribution in [0.1, 0.15) is 30.9 Å². The molecule has 3 N–H and O–H groups in total. The molecule has 0 fully saturated rings. The summed E-state index contributed by atoms with van der Waals surface area (Å²) in [6.07, 6.45) is 2.26. The molecule has 0 aliphatic rings. The second-order valence-corrected chi connectivity index (χ2v) is 4.29. The molecule has 4 nitrogen and oxygen atoms in total. The van der Waals surface area contributed by atoms with Crippen LogP contribution >= 0.6 is 24.0 Å². The Morgan fingerprint density at radius 2 is 2.16 bits per heavy atom. The first-order valence-corrected chi connectivity index (χ1v) is 6.34. The van der Waals surface area contributed by atoms with Gasteiger partial charge in [-0.15, -0.1) is 24.0 Å². The number of nitrogens with two attached hydrogens (primary N) is 1. The number of unbranched alkanes of at least 4 members (excludes halogenated alkanes) is 1. The summed E-state index contributed by atoms with van der Waals surface area (Å²) in [5.74, 6) is 1.41. The van der Waals surface area contributed by atoms with E-state index in [0.29, 0.717) is 12.5 Å². The van der Waals surface area contributed by atoms with E-state index in [1.807, 2.05) is 19.1 Å². The third kappa shape index (κ3) is 6.66. The maximum absolute atomic E-state index is 5.77. The van der Waals surface area contributed by atoms with E-state index in [4.69, 9.17) is 10.5 Å². The van der Waals surface area contributed by atoms with E-state index >= 15 is 0 Å². The van der Waals surface area contributed by atoms with Gasteiger partial charge in [0, 0.05) is 6.54 Å². The number of hydrogen-bond acceptors (Lipinski definition) is 2. The summed E-state index contributed by atoms with van der Waals surface area (Å²) in [6.45, 7) is 5.65. The van der Waals surface area contributed by atoms with E-state index < -0.39 is 0 Å². The highest BCUT2D eigenvalue weighted by molar-refractivity contribution is 14.0. The van der Waals surface area contributed by atoms with Gasteiger partial charge in [0.15, 0.2) is 5.96 Å². The van der Waals surface area contributed by atoms with Gasteiger partial charge in [-0.25, -0.2) is 4.99 Å². The van der Waals surface area contributed by atoms with Crippen molar-refractivity contribution in [3.8, 4) is 5.75 Å². The maximum Gasteiger partial charge on any atom is 0.188 e. The molecule has 0 aliphatic heterocycles. The van der Waals surface area contributed by atoms with Gasteiger partial charge >= 0.3 is 0 Å². The predicted molar refractivity (Wildman–Crippen MR) is 91.4 cm³/mol. The molecule has 0 unspecified atom stereocenters. The average Bonchev–Trinajstić information content (AvgIpc) is 2.37. The van der Waals surface area contributed by atoms with Crippen LogP contribution in [0.4, 0.5) is 0 Å². The fraction of sp³-hybridized carbons (Fsp3) is 0.500. The van der Waals surface area contributed by atoms with Crippen molar-refractivity contribution in [1.29, 1.82) is 0 Å². The van der Waals surface area contributed by atoms with Gasteiger partial charge in [-0.1, -0.05) is 25.5 Å². The summed E-state index contributed by atoms with van der Waals surface area (Å²) in [4.78, 5) is 4.31.